The molecule has 0 aromatic carbocycles. The van der Waals surface area contributed by atoms with Crippen molar-refractivity contribution < 1.29 is 4.79 Å². The highest BCUT2D eigenvalue weighted by molar-refractivity contribution is 5.78. The molecule has 1 heterocycles. The number of hydrogen-bond acceptors (Lipinski definition) is 3. The first-order valence-corrected chi connectivity index (χ1v) is 5.71. The normalized spacial score (nSPS) is 15.5. The molecule has 4 heteroatoms. The smallest absolute Gasteiger partial charge is 0.226 e. The largest absolute Gasteiger partial charge is 0.397 e. The predicted molar refractivity (Wildman–Crippen MR) is 62.7 cm³/mol. The van der Waals surface area contributed by atoms with E-state index in [1.54, 1.807) is 18.3 Å². The fourth-order valence-corrected chi connectivity index (χ4v) is 1.72. The molecule has 4 nitrogen and oxygen atoms in total. The molecule has 1 aromatic heterocycles. The SMILES string of the molecule is Nc1ccc(CC(=O)NCC2CCC2)nc1. The molecular formula is C12H17N3O. The van der Waals surface area contributed by atoms with Crippen molar-refractivity contribution in [2.24, 2.45) is 5.92 Å². The van der Waals surface area contributed by atoms with E-state index in [2.05, 4.69) is 10.3 Å². The number of carbonyl (C=O) groups is 1. The average Bonchev–Trinajstić information content (AvgIpc) is 2.19. The van der Waals surface area contributed by atoms with Gasteiger partial charge in [0.25, 0.3) is 0 Å². The van der Waals surface area contributed by atoms with Gasteiger partial charge in [0.2, 0.25) is 5.91 Å². The molecule has 1 aliphatic rings. The number of amides is 1. The molecule has 0 spiro atoms. The van der Waals surface area contributed by atoms with Crippen LogP contribution in [0.1, 0.15) is 25.0 Å². The summed E-state index contributed by atoms with van der Waals surface area (Å²) >= 11 is 0. The average molecular weight is 219 g/mol. The number of nitrogen functional groups attached to an aromatic ring is 1. The van der Waals surface area contributed by atoms with Gasteiger partial charge in [0, 0.05) is 12.2 Å². The number of hydrogen-bond donors (Lipinski definition) is 2. The van der Waals surface area contributed by atoms with Crippen molar-refractivity contribution >= 4 is 11.6 Å². The van der Waals surface area contributed by atoms with Crippen LogP contribution < -0.4 is 11.1 Å². The van der Waals surface area contributed by atoms with Crippen molar-refractivity contribution in [1.82, 2.24) is 10.3 Å². The summed E-state index contributed by atoms with van der Waals surface area (Å²) in [6.45, 7) is 0.813. The Balaban J connectivity index is 1.75. The maximum atomic E-state index is 11.6. The zero-order chi connectivity index (χ0) is 11.4. The molecule has 1 aromatic rings. The monoisotopic (exact) mass is 219 g/mol. The summed E-state index contributed by atoms with van der Waals surface area (Å²) in [7, 11) is 0. The van der Waals surface area contributed by atoms with Crippen molar-refractivity contribution in [3.8, 4) is 0 Å². The van der Waals surface area contributed by atoms with E-state index in [1.165, 1.54) is 19.3 Å². The van der Waals surface area contributed by atoms with Crippen LogP contribution in [0.5, 0.6) is 0 Å². The van der Waals surface area contributed by atoms with E-state index in [-0.39, 0.29) is 5.91 Å². The van der Waals surface area contributed by atoms with Gasteiger partial charge < -0.3 is 11.1 Å². The van der Waals surface area contributed by atoms with Crippen LogP contribution >= 0.6 is 0 Å². The van der Waals surface area contributed by atoms with E-state index in [9.17, 15) is 4.79 Å². The Morgan fingerprint density at radius 3 is 2.88 bits per heavy atom. The van der Waals surface area contributed by atoms with Gasteiger partial charge in [-0.3, -0.25) is 9.78 Å². The van der Waals surface area contributed by atoms with E-state index >= 15 is 0 Å². The zero-order valence-electron chi connectivity index (χ0n) is 9.28. The van der Waals surface area contributed by atoms with Crippen molar-refractivity contribution in [2.75, 3.05) is 12.3 Å². The van der Waals surface area contributed by atoms with E-state index in [1.807, 2.05) is 0 Å². The van der Waals surface area contributed by atoms with Gasteiger partial charge in [-0.1, -0.05) is 6.42 Å². The first-order chi connectivity index (χ1) is 7.74. The highest BCUT2D eigenvalue weighted by atomic mass is 16.1. The third kappa shape index (κ3) is 2.95. The van der Waals surface area contributed by atoms with Crippen molar-refractivity contribution in [2.45, 2.75) is 25.7 Å². The Morgan fingerprint density at radius 1 is 1.50 bits per heavy atom. The fourth-order valence-electron chi connectivity index (χ4n) is 1.72. The summed E-state index contributed by atoms with van der Waals surface area (Å²) in [4.78, 5) is 15.7. The second kappa shape index (κ2) is 4.96. The lowest BCUT2D eigenvalue weighted by atomic mass is 9.85. The fraction of sp³-hybridized carbons (Fsp3) is 0.500. The minimum Gasteiger partial charge on any atom is -0.397 e. The summed E-state index contributed by atoms with van der Waals surface area (Å²) in [5.74, 6) is 0.743. The second-order valence-electron chi connectivity index (χ2n) is 4.36. The van der Waals surface area contributed by atoms with Crippen molar-refractivity contribution in [3.05, 3.63) is 24.0 Å². The van der Waals surface area contributed by atoms with Gasteiger partial charge in [-0.2, -0.15) is 0 Å². The van der Waals surface area contributed by atoms with Gasteiger partial charge >= 0.3 is 0 Å². The second-order valence-corrected chi connectivity index (χ2v) is 4.36. The maximum Gasteiger partial charge on any atom is 0.226 e. The summed E-state index contributed by atoms with van der Waals surface area (Å²) in [5, 5.41) is 2.94. The van der Waals surface area contributed by atoms with Crippen LogP contribution in [-0.2, 0) is 11.2 Å². The van der Waals surface area contributed by atoms with E-state index < -0.39 is 0 Å². The molecule has 0 radical (unpaired) electrons. The minimum atomic E-state index is 0.0455. The summed E-state index contributed by atoms with van der Waals surface area (Å²) in [6, 6.07) is 3.56. The van der Waals surface area contributed by atoms with Crippen LogP contribution in [0, 0.1) is 5.92 Å². The molecule has 1 fully saturated rings. The van der Waals surface area contributed by atoms with Crippen LogP contribution in [0.15, 0.2) is 18.3 Å². The summed E-state index contributed by atoms with van der Waals surface area (Å²) in [5.41, 5.74) is 6.91. The summed E-state index contributed by atoms with van der Waals surface area (Å²) in [6.07, 6.45) is 5.72. The zero-order valence-corrected chi connectivity index (χ0v) is 9.28. The van der Waals surface area contributed by atoms with Crippen LogP contribution in [0.3, 0.4) is 0 Å². The van der Waals surface area contributed by atoms with Crippen molar-refractivity contribution in [3.63, 3.8) is 0 Å². The lowest BCUT2D eigenvalue weighted by Crippen LogP contribution is -2.33. The number of nitrogens with two attached hydrogens (primary N) is 1. The van der Waals surface area contributed by atoms with Gasteiger partial charge in [0.1, 0.15) is 0 Å². The highest BCUT2D eigenvalue weighted by Gasteiger charge is 2.17. The van der Waals surface area contributed by atoms with Gasteiger partial charge in [-0.25, -0.2) is 0 Å². The summed E-state index contributed by atoms with van der Waals surface area (Å²) < 4.78 is 0. The Bertz CT molecular complexity index is 357. The topological polar surface area (TPSA) is 68.0 Å². The maximum absolute atomic E-state index is 11.6. The molecule has 1 aliphatic carbocycles. The van der Waals surface area contributed by atoms with E-state index in [0.717, 1.165) is 12.2 Å². The molecule has 86 valence electrons. The van der Waals surface area contributed by atoms with E-state index in [4.69, 9.17) is 5.73 Å². The molecule has 0 saturated heterocycles. The Kier molecular flexibility index (Phi) is 3.39. The molecule has 3 N–H and O–H groups in total. The molecule has 0 bridgehead atoms. The lowest BCUT2D eigenvalue weighted by molar-refractivity contribution is -0.120. The number of nitrogens with one attached hydrogen (secondary N) is 1. The number of rotatable bonds is 4. The van der Waals surface area contributed by atoms with Gasteiger partial charge in [-0.05, 0) is 30.9 Å². The Labute approximate surface area is 95.3 Å². The van der Waals surface area contributed by atoms with Crippen LogP contribution in [0.4, 0.5) is 5.69 Å². The van der Waals surface area contributed by atoms with Gasteiger partial charge in [0.05, 0.1) is 18.3 Å². The van der Waals surface area contributed by atoms with Crippen LogP contribution in [0.25, 0.3) is 0 Å². The minimum absolute atomic E-state index is 0.0455. The molecule has 16 heavy (non-hydrogen) atoms. The standard InChI is InChI=1S/C12H17N3O/c13-10-4-5-11(14-8-10)6-12(16)15-7-9-2-1-3-9/h4-5,8-9H,1-3,6-7,13H2,(H,15,16). The number of pyridine rings is 1. The van der Waals surface area contributed by atoms with Gasteiger partial charge in [-0.15, -0.1) is 0 Å². The lowest BCUT2D eigenvalue weighted by Gasteiger charge is -2.25. The van der Waals surface area contributed by atoms with Crippen LogP contribution in [0.2, 0.25) is 0 Å². The van der Waals surface area contributed by atoms with E-state index in [0.29, 0.717) is 18.0 Å². The molecule has 0 unspecified atom stereocenters. The molecular weight excluding hydrogens is 202 g/mol. The quantitative estimate of drug-likeness (QED) is 0.797. The molecule has 2 rings (SSSR count). The Morgan fingerprint density at radius 2 is 2.31 bits per heavy atom. The molecule has 1 amide bonds. The predicted octanol–water partition coefficient (Wildman–Crippen LogP) is 1.12. The number of carbonyl (C=O) groups excluding carboxylic acids is 1. The number of nitrogens with zero attached hydrogens (tertiary/aromatic N) is 1. The molecule has 0 aliphatic heterocycles. The Hall–Kier alpha value is -1.58. The third-order valence-corrected chi connectivity index (χ3v) is 3.00. The van der Waals surface area contributed by atoms with Crippen LogP contribution in [-0.4, -0.2) is 17.4 Å². The first-order valence-electron chi connectivity index (χ1n) is 5.71. The number of aromatic nitrogens is 1. The molecule has 1 saturated carbocycles. The highest BCUT2D eigenvalue weighted by Crippen LogP contribution is 2.25. The third-order valence-electron chi connectivity index (χ3n) is 3.00. The molecule has 0 atom stereocenters. The van der Waals surface area contributed by atoms with Crippen molar-refractivity contribution in [1.29, 1.82) is 0 Å². The number of anilines is 1. The van der Waals surface area contributed by atoms with Gasteiger partial charge in [0.15, 0.2) is 0 Å². The first kappa shape index (κ1) is 10.9.